The van der Waals surface area contributed by atoms with Crippen molar-refractivity contribution in [3.05, 3.63) is 0 Å². The summed E-state index contributed by atoms with van der Waals surface area (Å²) in [5, 5.41) is 10.6. The number of rotatable bonds is 4. The van der Waals surface area contributed by atoms with Gasteiger partial charge >= 0.3 is 6.18 Å². The molecule has 4 aliphatic carbocycles. The minimum absolute atomic E-state index is 0.00576. The molecule has 4 saturated carbocycles. The van der Waals surface area contributed by atoms with Crippen LogP contribution in [0, 0.1) is 34.5 Å². The van der Waals surface area contributed by atoms with Gasteiger partial charge in [-0.15, -0.1) is 0 Å². The van der Waals surface area contributed by atoms with Crippen LogP contribution in [0.3, 0.4) is 0 Å². The SMILES string of the molecule is CC1(O)CCC2(C)C(CCC3C2CCC2(C)C(OCCC(=O)C(F)(F)F)CCC32)C1. The summed E-state index contributed by atoms with van der Waals surface area (Å²) in [6.07, 6.45) is 4.03. The van der Waals surface area contributed by atoms with Gasteiger partial charge in [-0.3, -0.25) is 4.79 Å². The van der Waals surface area contributed by atoms with Crippen LogP contribution < -0.4 is 0 Å². The average Bonchev–Trinajstić information content (AvgIpc) is 2.98. The predicted octanol–water partition coefficient (Wildman–Crippen LogP) is 5.69. The van der Waals surface area contributed by atoms with Crippen LogP contribution in [0.1, 0.15) is 85.0 Å². The molecule has 0 bridgehead atoms. The third-order valence-electron chi connectivity index (χ3n) is 9.83. The summed E-state index contributed by atoms with van der Waals surface area (Å²) in [7, 11) is 0. The number of ketones is 1. The number of carbonyl (C=O) groups is 1. The minimum atomic E-state index is -4.76. The summed E-state index contributed by atoms with van der Waals surface area (Å²) in [5.74, 6) is 0.785. The lowest BCUT2D eigenvalue weighted by Gasteiger charge is -2.61. The van der Waals surface area contributed by atoms with E-state index in [1.807, 2.05) is 6.92 Å². The zero-order valence-electron chi connectivity index (χ0n) is 18.6. The maximum absolute atomic E-state index is 12.5. The number of carbonyl (C=O) groups excluding carboxylic acids is 1. The number of aliphatic hydroxyl groups is 1. The van der Waals surface area contributed by atoms with Gasteiger partial charge in [-0.25, -0.2) is 0 Å². The molecule has 0 saturated heterocycles. The molecule has 4 rings (SSSR count). The van der Waals surface area contributed by atoms with Crippen molar-refractivity contribution >= 4 is 5.78 Å². The van der Waals surface area contributed by atoms with Crippen LogP contribution in [-0.4, -0.2) is 35.4 Å². The number of halogens is 3. The fraction of sp³-hybridized carbons (Fsp3) is 0.958. The first-order chi connectivity index (χ1) is 13.9. The number of hydrogen-bond donors (Lipinski definition) is 1. The van der Waals surface area contributed by atoms with E-state index in [1.54, 1.807) is 0 Å². The number of ether oxygens (including phenoxy) is 1. The third-order valence-corrected chi connectivity index (χ3v) is 9.83. The molecular weight excluding hydrogens is 393 g/mol. The highest BCUT2D eigenvalue weighted by atomic mass is 19.4. The first kappa shape index (κ1) is 22.6. The van der Waals surface area contributed by atoms with E-state index in [9.17, 15) is 23.1 Å². The first-order valence-electron chi connectivity index (χ1n) is 11.8. The lowest BCUT2D eigenvalue weighted by atomic mass is 9.44. The maximum atomic E-state index is 12.5. The summed E-state index contributed by atoms with van der Waals surface area (Å²) in [5.41, 5.74) is -0.225. The second-order valence-electron chi connectivity index (χ2n) is 11.5. The number of fused-ring (bicyclic) bond motifs is 5. The molecule has 0 spiro atoms. The quantitative estimate of drug-likeness (QED) is 0.624. The van der Waals surface area contributed by atoms with Crippen molar-refractivity contribution in [1.29, 1.82) is 0 Å². The lowest BCUT2D eigenvalue weighted by Crippen LogP contribution is -2.56. The van der Waals surface area contributed by atoms with Crippen molar-refractivity contribution in [2.45, 2.75) is 103 Å². The van der Waals surface area contributed by atoms with E-state index in [0.717, 1.165) is 44.9 Å². The minimum Gasteiger partial charge on any atom is -0.390 e. The van der Waals surface area contributed by atoms with E-state index in [-0.39, 0.29) is 18.1 Å². The van der Waals surface area contributed by atoms with Crippen molar-refractivity contribution in [2.24, 2.45) is 34.5 Å². The summed E-state index contributed by atoms with van der Waals surface area (Å²) in [6.45, 7) is 6.59. The van der Waals surface area contributed by atoms with Crippen LogP contribution in [0.4, 0.5) is 13.2 Å². The zero-order chi connectivity index (χ0) is 21.9. The van der Waals surface area contributed by atoms with Gasteiger partial charge in [0.15, 0.2) is 0 Å². The van der Waals surface area contributed by atoms with Crippen LogP contribution in [0.2, 0.25) is 0 Å². The molecule has 0 amide bonds. The van der Waals surface area contributed by atoms with Crippen molar-refractivity contribution < 1.29 is 27.8 Å². The van der Waals surface area contributed by atoms with Gasteiger partial charge < -0.3 is 9.84 Å². The van der Waals surface area contributed by atoms with Crippen LogP contribution in [0.15, 0.2) is 0 Å². The zero-order valence-corrected chi connectivity index (χ0v) is 18.6. The Morgan fingerprint density at radius 1 is 0.967 bits per heavy atom. The number of hydrogen-bond acceptors (Lipinski definition) is 3. The Kier molecular flexibility index (Phi) is 5.62. The van der Waals surface area contributed by atoms with Crippen LogP contribution in [-0.2, 0) is 9.53 Å². The molecule has 6 heteroatoms. The Balaban J connectivity index is 1.42. The first-order valence-corrected chi connectivity index (χ1v) is 11.8. The molecule has 3 nitrogen and oxygen atoms in total. The molecule has 0 aliphatic heterocycles. The molecule has 0 heterocycles. The fourth-order valence-corrected chi connectivity index (χ4v) is 8.09. The van der Waals surface area contributed by atoms with E-state index in [0.29, 0.717) is 29.1 Å². The monoisotopic (exact) mass is 430 g/mol. The highest BCUT2D eigenvalue weighted by Crippen LogP contribution is 2.67. The Morgan fingerprint density at radius 2 is 1.67 bits per heavy atom. The summed E-state index contributed by atoms with van der Waals surface area (Å²) in [4.78, 5) is 11.2. The maximum Gasteiger partial charge on any atom is 0.450 e. The van der Waals surface area contributed by atoms with Gasteiger partial charge in [0.2, 0.25) is 5.78 Å². The van der Waals surface area contributed by atoms with Gasteiger partial charge in [0, 0.05) is 6.42 Å². The highest BCUT2D eigenvalue weighted by Gasteiger charge is 2.61. The molecule has 172 valence electrons. The van der Waals surface area contributed by atoms with E-state index in [2.05, 4.69) is 13.8 Å². The fourth-order valence-electron chi connectivity index (χ4n) is 8.09. The molecule has 0 aromatic carbocycles. The Hall–Kier alpha value is -0.620. The molecule has 0 aromatic rings. The van der Waals surface area contributed by atoms with Crippen LogP contribution in [0.25, 0.3) is 0 Å². The molecule has 0 aromatic heterocycles. The largest absolute Gasteiger partial charge is 0.450 e. The van der Waals surface area contributed by atoms with Crippen LogP contribution in [0.5, 0.6) is 0 Å². The van der Waals surface area contributed by atoms with Gasteiger partial charge in [-0.1, -0.05) is 13.8 Å². The van der Waals surface area contributed by atoms with Crippen molar-refractivity contribution in [1.82, 2.24) is 0 Å². The van der Waals surface area contributed by atoms with Crippen molar-refractivity contribution in [3.8, 4) is 0 Å². The smallest absolute Gasteiger partial charge is 0.390 e. The summed E-state index contributed by atoms with van der Waals surface area (Å²) in [6, 6.07) is 0. The molecule has 8 unspecified atom stereocenters. The normalized spacial score (nSPS) is 48.6. The van der Waals surface area contributed by atoms with Crippen LogP contribution >= 0.6 is 0 Å². The standard InChI is InChI=1S/C24H37F3O3/c1-21(29)11-12-22(2)15(14-21)4-5-16-17-6-7-20(23(17,3)10-8-18(16)22)30-13-9-19(28)24(25,26)27/h15-18,20,29H,4-14H2,1-3H3. The van der Waals surface area contributed by atoms with E-state index in [1.165, 1.54) is 12.8 Å². The summed E-state index contributed by atoms with van der Waals surface area (Å²) < 4.78 is 43.4. The van der Waals surface area contributed by atoms with Gasteiger partial charge in [0.1, 0.15) is 0 Å². The second-order valence-corrected chi connectivity index (χ2v) is 11.5. The molecule has 30 heavy (non-hydrogen) atoms. The average molecular weight is 431 g/mol. The predicted molar refractivity (Wildman–Crippen MR) is 108 cm³/mol. The van der Waals surface area contributed by atoms with Gasteiger partial charge in [-0.2, -0.15) is 13.2 Å². The number of Topliss-reactive ketones (excluding diaryl/α,β-unsaturated/α-hetero) is 1. The van der Waals surface area contributed by atoms with Gasteiger partial charge in [0.05, 0.1) is 18.3 Å². The molecule has 4 aliphatic rings. The Labute approximate surface area is 178 Å². The second kappa shape index (κ2) is 7.47. The topological polar surface area (TPSA) is 46.5 Å². The highest BCUT2D eigenvalue weighted by molar-refractivity contribution is 5.84. The van der Waals surface area contributed by atoms with Gasteiger partial charge in [-0.05, 0) is 99.2 Å². The third kappa shape index (κ3) is 3.74. The molecular formula is C24H37F3O3. The van der Waals surface area contributed by atoms with Crippen molar-refractivity contribution in [2.75, 3.05) is 6.61 Å². The Bertz CT molecular complexity index is 675. The molecule has 8 atom stereocenters. The van der Waals surface area contributed by atoms with E-state index >= 15 is 0 Å². The van der Waals surface area contributed by atoms with Gasteiger partial charge in [0.25, 0.3) is 0 Å². The molecule has 1 N–H and O–H groups in total. The molecule has 4 fully saturated rings. The number of alkyl halides is 3. The van der Waals surface area contributed by atoms with E-state index < -0.39 is 24.0 Å². The Morgan fingerprint density at radius 3 is 2.37 bits per heavy atom. The summed E-state index contributed by atoms with van der Waals surface area (Å²) >= 11 is 0. The van der Waals surface area contributed by atoms with Crippen molar-refractivity contribution in [3.63, 3.8) is 0 Å². The lowest BCUT2D eigenvalue weighted by molar-refractivity contribution is -0.174. The molecule has 0 radical (unpaired) electrons. The van der Waals surface area contributed by atoms with E-state index in [4.69, 9.17) is 4.74 Å².